The van der Waals surface area contributed by atoms with E-state index in [2.05, 4.69) is 5.32 Å². The van der Waals surface area contributed by atoms with Crippen molar-refractivity contribution in [3.63, 3.8) is 0 Å². The van der Waals surface area contributed by atoms with Crippen LogP contribution in [0.5, 0.6) is 5.75 Å². The van der Waals surface area contributed by atoms with E-state index in [4.69, 9.17) is 35.3 Å². The quantitative estimate of drug-likeness (QED) is 0.183. The van der Waals surface area contributed by atoms with Crippen LogP contribution in [0.25, 0.3) is 0 Å². The van der Waals surface area contributed by atoms with Crippen LogP contribution in [0.1, 0.15) is 58.9 Å². The molecular formula is C38H56ClN3O11Si. The summed E-state index contributed by atoms with van der Waals surface area (Å²) < 4.78 is 29.2. The summed E-state index contributed by atoms with van der Waals surface area (Å²) in [5.74, 6) is -1.64. The Labute approximate surface area is 323 Å². The minimum absolute atomic E-state index is 0.0580. The maximum Gasteiger partial charge on any atom is 0.409 e. The summed E-state index contributed by atoms with van der Waals surface area (Å²) in [4.78, 5) is 66.7. The first-order chi connectivity index (χ1) is 25.1. The van der Waals surface area contributed by atoms with Gasteiger partial charge in [-0.15, -0.1) is 0 Å². The highest BCUT2D eigenvalue weighted by atomic mass is 35.5. The molecule has 2 fully saturated rings. The SMILES string of the molecule is COc1cc2cc(c1Cl)N(C)C(=O)C[C@H](OC(=O)[C@H](C)N(C)C(=O)CCC[Si](C)(C)O)[C@]1(C)O[C@H]1[C@H](C)[C@@H]1C[C@@](O)(NC(=O)O1)[C@H](OC)/C=C/C=C(\C)C2. The number of hydrogen-bond donors (Lipinski definition) is 3. The Morgan fingerprint density at radius 2 is 1.93 bits per heavy atom. The zero-order valence-corrected chi connectivity index (χ0v) is 34.7. The van der Waals surface area contributed by atoms with Crippen LogP contribution >= 0.6 is 11.6 Å². The fraction of sp³-hybridized carbons (Fsp3) is 0.632. The molecule has 0 saturated carbocycles. The molecule has 3 aliphatic rings. The van der Waals surface area contributed by atoms with E-state index in [9.17, 15) is 29.1 Å². The molecule has 0 aromatic heterocycles. The second-order valence-electron chi connectivity index (χ2n) is 15.6. The van der Waals surface area contributed by atoms with Gasteiger partial charge in [0.1, 0.15) is 40.7 Å². The number of benzene rings is 1. The Balaban J connectivity index is 1.72. The lowest BCUT2D eigenvalue weighted by molar-refractivity contribution is -0.162. The van der Waals surface area contributed by atoms with Gasteiger partial charge in [-0.2, -0.15) is 0 Å². The molecule has 300 valence electrons. The second kappa shape index (κ2) is 17.1. The van der Waals surface area contributed by atoms with Crippen molar-refractivity contribution < 1.29 is 52.8 Å². The van der Waals surface area contributed by atoms with E-state index in [1.165, 1.54) is 31.1 Å². The lowest BCUT2D eigenvalue weighted by Crippen LogP contribution is -2.63. The number of epoxide rings is 1. The second-order valence-corrected chi connectivity index (χ2v) is 20.1. The van der Waals surface area contributed by atoms with E-state index in [0.29, 0.717) is 30.3 Å². The van der Waals surface area contributed by atoms with Gasteiger partial charge in [0.2, 0.25) is 11.8 Å². The molecule has 3 amide bonds. The molecule has 3 aliphatic heterocycles. The molecule has 14 nitrogen and oxygen atoms in total. The molecule has 4 rings (SSSR count). The summed E-state index contributed by atoms with van der Waals surface area (Å²) in [5, 5.41) is 14.5. The number of amides is 3. The maximum atomic E-state index is 14.1. The van der Waals surface area contributed by atoms with Crippen LogP contribution < -0.4 is 15.0 Å². The number of nitrogens with zero attached hydrogens (tertiary/aromatic N) is 2. The van der Waals surface area contributed by atoms with Gasteiger partial charge in [0, 0.05) is 40.0 Å². The zero-order chi connectivity index (χ0) is 40.3. The molecule has 16 heteroatoms. The number of likely N-dealkylation sites (N-methyl/N-ethyl adjacent to an activating group) is 1. The number of allylic oxidation sites excluding steroid dienone is 3. The normalized spacial score (nSPS) is 31.2. The van der Waals surface area contributed by atoms with Gasteiger partial charge in [-0.25, -0.2) is 9.59 Å². The first-order valence-electron chi connectivity index (χ1n) is 18.2. The minimum Gasteiger partial charge on any atom is -0.495 e. The van der Waals surface area contributed by atoms with Crippen LogP contribution in [0.3, 0.4) is 0 Å². The molecule has 0 spiro atoms. The Morgan fingerprint density at radius 3 is 2.56 bits per heavy atom. The van der Waals surface area contributed by atoms with Crippen molar-refractivity contribution in [2.24, 2.45) is 5.92 Å². The Kier molecular flexibility index (Phi) is 13.7. The van der Waals surface area contributed by atoms with Crippen molar-refractivity contribution in [1.29, 1.82) is 0 Å². The van der Waals surface area contributed by atoms with E-state index >= 15 is 0 Å². The van der Waals surface area contributed by atoms with E-state index < -0.39 is 74.0 Å². The highest BCUT2D eigenvalue weighted by Crippen LogP contribution is 2.49. The van der Waals surface area contributed by atoms with Crippen molar-refractivity contribution in [2.45, 2.75) is 121 Å². The third-order valence-electron chi connectivity index (χ3n) is 10.7. The standard InChI is InChI=1S/C38H56ClN3O11Si/c1-22-13-11-14-29(50-8)38(47)21-28(51-36(46)40-38)23(2)34-37(4,53-34)30(52-35(45)24(3)41(5)31(43)15-12-16-54(9,10)48)20-32(44)42(6)26-18-25(17-22)19-27(49-7)33(26)39/h11,13-14,18-19,23-24,28-30,34,47-48H,12,15-17,20-21H2,1-10H3,(H,40,46)/b14-11+,22-13+/t23-,24+,28+,29-,30+,34+,37+,38+/m1/s1. The molecule has 54 heavy (non-hydrogen) atoms. The smallest absolute Gasteiger partial charge is 0.409 e. The predicted molar refractivity (Wildman–Crippen MR) is 205 cm³/mol. The number of ether oxygens (including phenoxy) is 5. The highest BCUT2D eigenvalue weighted by Gasteiger charge is 2.64. The summed E-state index contributed by atoms with van der Waals surface area (Å²) in [5.41, 5.74) is -0.954. The third kappa shape index (κ3) is 10.0. The van der Waals surface area contributed by atoms with Crippen LogP contribution in [0.4, 0.5) is 10.5 Å². The highest BCUT2D eigenvalue weighted by molar-refractivity contribution is 6.69. The fourth-order valence-electron chi connectivity index (χ4n) is 7.07. The lowest BCUT2D eigenvalue weighted by Gasteiger charge is -2.42. The molecule has 1 aromatic rings. The van der Waals surface area contributed by atoms with Gasteiger partial charge in [-0.1, -0.05) is 42.3 Å². The molecule has 0 unspecified atom stereocenters. The number of hydrogen-bond acceptors (Lipinski definition) is 11. The molecule has 0 aliphatic carbocycles. The van der Waals surface area contributed by atoms with Crippen LogP contribution in [-0.4, -0.2) is 117 Å². The number of esters is 1. The van der Waals surface area contributed by atoms with Gasteiger partial charge >= 0.3 is 12.1 Å². The number of fused-ring (bicyclic) bond motifs is 5. The van der Waals surface area contributed by atoms with Gasteiger partial charge in [0.05, 0.1) is 25.3 Å². The average Bonchev–Trinajstić information content (AvgIpc) is 3.79. The predicted octanol–water partition coefficient (Wildman–Crippen LogP) is 4.49. The van der Waals surface area contributed by atoms with Crippen molar-refractivity contribution in [3.05, 3.63) is 46.5 Å². The van der Waals surface area contributed by atoms with Crippen LogP contribution in [0.2, 0.25) is 24.2 Å². The van der Waals surface area contributed by atoms with Gasteiger partial charge in [-0.05, 0) is 70.4 Å². The Morgan fingerprint density at radius 1 is 1.24 bits per heavy atom. The van der Waals surface area contributed by atoms with E-state index in [-0.39, 0.29) is 30.2 Å². The van der Waals surface area contributed by atoms with Crippen LogP contribution in [0.15, 0.2) is 35.9 Å². The molecule has 2 saturated heterocycles. The van der Waals surface area contributed by atoms with Gasteiger partial charge in [-0.3, -0.25) is 14.9 Å². The summed E-state index contributed by atoms with van der Waals surface area (Å²) >= 11 is 6.76. The first kappa shape index (κ1) is 43.3. The number of anilines is 1. The van der Waals surface area contributed by atoms with Crippen LogP contribution in [0, 0.1) is 5.92 Å². The van der Waals surface area contributed by atoms with Gasteiger partial charge in [0.15, 0.2) is 14.0 Å². The topological polar surface area (TPSA) is 177 Å². The number of alkyl carbamates (subject to hydrolysis) is 1. The number of carbonyl (C=O) groups is 4. The maximum absolute atomic E-state index is 14.1. The lowest BCUT2D eigenvalue weighted by atomic mass is 9.83. The number of methoxy groups -OCH3 is 2. The largest absolute Gasteiger partial charge is 0.495 e. The van der Waals surface area contributed by atoms with Crippen molar-refractivity contribution in [2.75, 3.05) is 33.2 Å². The molecule has 4 bridgehead atoms. The third-order valence-corrected chi connectivity index (χ3v) is 12.7. The van der Waals surface area contributed by atoms with Crippen LogP contribution in [-0.2, 0) is 39.8 Å². The minimum atomic E-state index is -2.34. The number of aliphatic hydroxyl groups is 1. The number of halogens is 1. The monoisotopic (exact) mass is 793 g/mol. The Bertz CT molecular complexity index is 1650. The summed E-state index contributed by atoms with van der Waals surface area (Å²) in [6.45, 7) is 10.6. The fourth-order valence-corrected chi connectivity index (χ4v) is 8.42. The number of nitrogens with one attached hydrogen (secondary N) is 1. The zero-order valence-electron chi connectivity index (χ0n) is 32.9. The molecule has 1 aromatic carbocycles. The van der Waals surface area contributed by atoms with Crippen molar-refractivity contribution in [1.82, 2.24) is 10.2 Å². The molecule has 0 radical (unpaired) electrons. The molecule has 3 heterocycles. The van der Waals surface area contributed by atoms with Gasteiger partial charge < -0.3 is 43.4 Å². The average molecular weight is 794 g/mol. The van der Waals surface area contributed by atoms with Gasteiger partial charge in [0.25, 0.3) is 0 Å². The van der Waals surface area contributed by atoms with E-state index in [1.807, 2.05) is 13.0 Å². The molecular weight excluding hydrogens is 738 g/mol. The molecule has 8 atom stereocenters. The van der Waals surface area contributed by atoms with E-state index in [1.54, 1.807) is 65.2 Å². The summed E-state index contributed by atoms with van der Waals surface area (Å²) in [6, 6.07) is 3.11. The summed E-state index contributed by atoms with van der Waals surface area (Å²) in [7, 11) is 3.65. The van der Waals surface area contributed by atoms with Crippen molar-refractivity contribution in [3.8, 4) is 5.75 Å². The molecule has 3 N–H and O–H groups in total. The van der Waals surface area contributed by atoms with E-state index in [0.717, 1.165) is 11.1 Å². The summed E-state index contributed by atoms with van der Waals surface area (Å²) in [6.07, 6.45) is 1.49. The number of carbonyl (C=O) groups excluding carboxylic acids is 4. The number of rotatable bonds is 9. The van der Waals surface area contributed by atoms with Crippen molar-refractivity contribution >= 4 is 49.5 Å². The Hall–Kier alpha value is -3.47. The first-order valence-corrected chi connectivity index (χ1v) is 21.7.